The minimum atomic E-state index is -2.94. The molecule has 1 N–H and O–H groups in total. The summed E-state index contributed by atoms with van der Waals surface area (Å²) in [5, 5.41) is 0. The molecule has 82 valence electrons. The monoisotopic (exact) mass is 220 g/mol. The molecule has 0 bridgehead atoms. The maximum Gasteiger partial charge on any atom is 0.317 e. The minimum absolute atomic E-state index is 0.0516. The van der Waals surface area contributed by atoms with Crippen molar-refractivity contribution >= 4 is 14.0 Å². The van der Waals surface area contributed by atoms with E-state index in [-0.39, 0.29) is 12.4 Å². The number of carbonyl (C=O) groups excluding carboxylic acids is 1. The Balaban J connectivity index is 2.15. The largest absolute Gasteiger partial charge is 0.326 e. The molecule has 0 aromatic heterocycles. The highest BCUT2D eigenvalue weighted by Gasteiger charge is 2.17. The van der Waals surface area contributed by atoms with E-state index in [9.17, 15) is 9.36 Å². The van der Waals surface area contributed by atoms with Gasteiger partial charge < -0.3 is 9.42 Å². The predicted octanol–water partition coefficient (Wildman–Crippen LogP) is 1.92. The van der Waals surface area contributed by atoms with E-state index in [0.717, 1.165) is 12.8 Å². The van der Waals surface area contributed by atoms with Crippen LogP contribution in [0, 0.1) is 5.92 Å². The van der Waals surface area contributed by atoms with Gasteiger partial charge in [-0.25, -0.2) is 0 Å². The Hall–Kier alpha value is -0.180. The second kappa shape index (κ2) is 6.33. The van der Waals surface area contributed by atoms with Crippen molar-refractivity contribution in [3.05, 3.63) is 0 Å². The summed E-state index contributed by atoms with van der Waals surface area (Å²) in [5.74, 6) is 0.421. The molecule has 0 aromatic carbocycles. The maximum absolute atomic E-state index is 11.3. The van der Waals surface area contributed by atoms with E-state index in [4.69, 9.17) is 4.89 Å². The molecule has 0 aromatic rings. The summed E-state index contributed by atoms with van der Waals surface area (Å²) >= 11 is 0. The quantitative estimate of drug-likeness (QED) is 0.719. The zero-order valence-electron chi connectivity index (χ0n) is 8.20. The summed E-state index contributed by atoms with van der Waals surface area (Å²) in [6.07, 6.45) is 6.41. The summed E-state index contributed by atoms with van der Waals surface area (Å²) in [6.45, 7) is -0.204. The lowest BCUT2D eigenvalue weighted by Gasteiger charge is -2.20. The van der Waals surface area contributed by atoms with Crippen LogP contribution in [0.15, 0.2) is 0 Å². The van der Waals surface area contributed by atoms with Gasteiger partial charge in [0.2, 0.25) is 0 Å². The van der Waals surface area contributed by atoms with Gasteiger partial charge in [-0.1, -0.05) is 32.1 Å². The van der Waals surface area contributed by atoms with Crippen LogP contribution in [0.1, 0.15) is 38.5 Å². The lowest BCUT2D eigenvalue weighted by molar-refractivity contribution is -0.122. The first-order valence-electron chi connectivity index (χ1n) is 5.06. The molecule has 1 atom stereocenters. The van der Waals surface area contributed by atoms with Crippen LogP contribution in [0.3, 0.4) is 0 Å². The number of rotatable bonds is 5. The second-order valence-electron chi connectivity index (χ2n) is 3.80. The third kappa shape index (κ3) is 4.89. The van der Waals surface area contributed by atoms with Crippen molar-refractivity contribution in [2.45, 2.75) is 38.5 Å². The van der Waals surface area contributed by atoms with Gasteiger partial charge in [-0.3, -0.25) is 9.36 Å². The first kappa shape index (κ1) is 11.9. The van der Waals surface area contributed by atoms with Gasteiger partial charge in [0, 0.05) is 6.42 Å². The van der Waals surface area contributed by atoms with Crippen molar-refractivity contribution < 1.29 is 18.8 Å². The van der Waals surface area contributed by atoms with Crippen LogP contribution >= 0.6 is 8.25 Å². The van der Waals surface area contributed by atoms with E-state index < -0.39 is 8.25 Å². The molecule has 0 spiro atoms. The molecule has 0 aliphatic heterocycles. The predicted molar refractivity (Wildman–Crippen MR) is 53.4 cm³/mol. The van der Waals surface area contributed by atoms with Gasteiger partial charge in [0.15, 0.2) is 5.78 Å². The number of Topliss-reactive ketones (excluding diaryl/α,β-unsaturated/α-hetero) is 1. The molecule has 1 rings (SSSR count). The van der Waals surface area contributed by atoms with E-state index in [2.05, 4.69) is 4.52 Å². The average molecular weight is 220 g/mol. The van der Waals surface area contributed by atoms with Crippen molar-refractivity contribution in [3.63, 3.8) is 0 Å². The molecule has 1 aliphatic carbocycles. The van der Waals surface area contributed by atoms with Gasteiger partial charge in [-0.05, 0) is 5.92 Å². The van der Waals surface area contributed by atoms with Crippen molar-refractivity contribution in [3.8, 4) is 0 Å². The Morgan fingerprint density at radius 1 is 1.36 bits per heavy atom. The van der Waals surface area contributed by atoms with E-state index >= 15 is 0 Å². The Labute approximate surface area is 84.6 Å². The van der Waals surface area contributed by atoms with Crippen LogP contribution in [0.2, 0.25) is 0 Å². The smallest absolute Gasteiger partial charge is 0.317 e. The summed E-state index contributed by atoms with van der Waals surface area (Å²) in [4.78, 5) is 19.6. The van der Waals surface area contributed by atoms with Crippen LogP contribution in [-0.4, -0.2) is 17.3 Å². The molecule has 0 heterocycles. The molecule has 4 nitrogen and oxygen atoms in total. The number of ketones is 1. The standard InChI is InChI=1S/C9H17O4P/c10-9(7-13-14(11)12)6-8-4-2-1-3-5-8/h8,14H,1-7H2,(H,11,12). The van der Waals surface area contributed by atoms with Crippen molar-refractivity contribution in [1.29, 1.82) is 0 Å². The van der Waals surface area contributed by atoms with Crippen LogP contribution < -0.4 is 0 Å². The molecule has 0 saturated heterocycles. The normalized spacial score (nSPS) is 20.6. The molecule has 1 fully saturated rings. The Morgan fingerprint density at radius 2 is 2.00 bits per heavy atom. The van der Waals surface area contributed by atoms with Crippen LogP contribution in [0.5, 0.6) is 0 Å². The fraction of sp³-hybridized carbons (Fsp3) is 0.889. The molecule has 14 heavy (non-hydrogen) atoms. The van der Waals surface area contributed by atoms with E-state index in [1.165, 1.54) is 19.3 Å². The molecular formula is C9H17O4P. The lowest BCUT2D eigenvalue weighted by atomic mass is 9.86. The average Bonchev–Trinajstić information content (AvgIpc) is 2.16. The van der Waals surface area contributed by atoms with Gasteiger partial charge in [0.05, 0.1) is 0 Å². The van der Waals surface area contributed by atoms with E-state index in [0.29, 0.717) is 12.3 Å². The Bertz CT molecular complexity index is 211. The molecule has 1 unspecified atom stereocenters. The summed E-state index contributed by atoms with van der Waals surface area (Å²) < 4.78 is 14.6. The van der Waals surface area contributed by atoms with Crippen LogP contribution in [0.4, 0.5) is 0 Å². The summed E-state index contributed by atoms with van der Waals surface area (Å²) in [7, 11) is -2.94. The van der Waals surface area contributed by atoms with E-state index in [1.54, 1.807) is 0 Å². The lowest BCUT2D eigenvalue weighted by Crippen LogP contribution is -2.14. The van der Waals surface area contributed by atoms with Gasteiger partial charge in [0.25, 0.3) is 0 Å². The first-order valence-corrected chi connectivity index (χ1v) is 6.32. The molecule has 1 saturated carbocycles. The third-order valence-electron chi connectivity index (χ3n) is 2.60. The number of carbonyl (C=O) groups is 1. The third-order valence-corrected chi connectivity index (χ3v) is 2.99. The SMILES string of the molecule is O=C(CO[PH](=O)O)CC1CCCCC1. The van der Waals surface area contributed by atoms with E-state index in [1.807, 2.05) is 0 Å². The fourth-order valence-electron chi connectivity index (χ4n) is 1.91. The highest BCUT2D eigenvalue weighted by atomic mass is 31.1. The number of hydrogen-bond donors (Lipinski definition) is 1. The zero-order valence-corrected chi connectivity index (χ0v) is 9.20. The van der Waals surface area contributed by atoms with Gasteiger partial charge in [0.1, 0.15) is 6.61 Å². The molecule has 0 amide bonds. The maximum atomic E-state index is 11.3. The zero-order chi connectivity index (χ0) is 10.4. The van der Waals surface area contributed by atoms with Gasteiger partial charge in [-0.15, -0.1) is 0 Å². The number of hydrogen-bond acceptors (Lipinski definition) is 3. The van der Waals surface area contributed by atoms with Crippen LogP contribution in [0.25, 0.3) is 0 Å². The molecule has 5 heteroatoms. The fourth-order valence-corrected chi connectivity index (χ4v) is 2.20. The molecule has 0 radical (unpaired) electrons. The minimum Gasteiger partial charge on any atom is -0.326 e. The highest BCUT2D eigenvalue weighted by molar-refractivity contribution is 7.32. The Kier molecular flexibility index (Phi) is 5.38. The van der Waals surface area contributed by atoms with Gasteiger partial charge >= 0.3 is 8.25 Å². The molecule has 1 aliphatic rings. The van der Waals surface area contributed by atoms with Crippen molar-refractivity contribution in [2.75, 3.05) is 6.61 Å². The Morgan fingerprint density at radius 3 is 2.57 bits per heavy atom. The highest BCUT2D eigenvalue weighted by Crippen LogP contribution is 2.26. The van der Waals surface area contributed by atoms with Gasteiger partial charge in [-0.2, -0.15) is 0 Å². The van der Waals surface area contributed by atoms with Crippen LogP contribution in [-0.2, 0) is 13.9 Å². The van der Waals surface area contributed by atoms with Crippen molar-refractivity contribution in [1.82, 2.24) is 0 Å². The van der Waals surface area contributed by atoms with Crippen molar-refractivity contribution in [2.24, 2.45) is 5.92 Å². The summed E-state index contributed by atoms with van der Waals surface area (Å²) in [6, 6.07) is 0. The summed E-state index contributed by atoms with van der Waals surface area (Å²) in [5.41, 5.74) is 0. The molecular weight excluding hydrogens is 203 g/mol. The topological polar surface area (TPSA) is 63.6 Å². The second-order valence-corrected chi connectivity index (χ2v) is 4.62. The first-order chi connectivity index (χ1) is 6.68.